The summed E-state index contributed by atoms with van der Waals surface area (Å²) in [5.41, 5.74) is 4.74. The third-order valence-corrected chi connectivity index (χ3v) is 7.51. The number of aryl methyl sites for hydroxylation is 1. The van der Waals surface area contributed by atoms with Gasteiger partial charge in [-0.25, -0.2) is 9.37 Å². The highest BCUT2D eigenvalue weighted by Gasteiger charge is 2.30. The molecular weight excluding hydrogens is 513 g/mol. The predicted molar refractivity (Wildman–Crippen MR) is 139 cm³/mol. The molecule has 0 aliphatic carbocycles. The second-order valence-electron chi connectivity index (χ2n) is 8.89. The molecule has 3 aromatic rings. The maximum atomic E-state index is 13.7. The van der Waals surface area contributed by atoms with Crippen LogP contribution in [0.25, 0.3) is 16.5 Å². The van der Waals surface area contributed by atoms with Gasteiger partial charge in [0.25, 0.3) is 0 Å². The number of fused-ring (bicyclic) bond motifs is 1. The fraction of sp³-hybridized carbons (Fsp3) is 0.385. The van der Waals surface area contributed by atoms with Crippen molar-refractivity contribution in [3.8, 4) is 5.75 Å². The Morgan fingerprint density at radius 3 is 2.86 bits per heavy atom. The first-order valence-corrected chi connectivity index (χ1v) is 12.7. The molecule has 0 spiro atoms. The first kappa shape index (κ1) is 23.8. The summed E-state index contributed by atoms with van der Waals surface area (Å²) >= 11 is 3.83. The van der Waals surface area contributed by atoms with Crippen molar-refractivity contribution in [2.75, 3.05) is 44.7 Å². The number of methoxy groups -OCH3 is 1. The van der Waals surface area contributed by atoms with E-state index in [2.05, 4.69) is 66.9 Å². The second-order valence-corrected chi connectivity index (χ2v) is 9.75. The minimum atomic E-state index is -0.442. The summed E-state index contributed by atoms with van der Waals surface area (Å²) in [6, 6.07) is 7.72. The molecule has 1 saturated heterocycles. The summed E-state index contributed by atoms with van der Waals surface area (Å²) in [5, 5.41) is 4.61. The van der Waals surface area contributed by atoms with Crippen molar-refractivity contribution in [1.29, 1.82) is 0 Å². The van der Waals surface area contributed by atoms with Gasteiger partial charge in [-0.1, -0.05) is 6.08 Å². The Morgan fingerprint density at radius 1 is 1.29 bits per heavy atom. The first-order valence-electron chi connectivity index (χ1n) is 11.9. The number of carbonyl (C=O) groups excluding carboxylic acids is 1. The Bertz CT molecular complexity index is 1290. The Balaban J connectivity index is 1.54. The van der Waals surface area contributed by atoms with Crippen LogP contribution in [0.1, 0.15) is 30.6 Å². The number of piperazine rings is 1. The zero-order chi connectivity index (χ0) is 24.5. The van der Waals surface area contributed by atoms with Gasteiger partial charge in [-0.3, -0.25) is 4.79 Å². The smallest absolute Gasteiger partial charge is 0.210 e. The number of nitrogens with one attached hydrogen (secondary N) is 1. The van der Waals surface area contributed by atoms with E-state index in [1.165, 1.54) is 30.6 Å². The molecule has 2 aliphatic heterocycles. The monoisotopic (exact) mass is 541 g/mol. The van der Waals surface area contributed by atoms with Crippen molar-refractivity contribution >= 4 is 44.6 Å². The third kappa shape index (κ3) is 4.43. The van der Waals surface area contributed by atoms with Gasteiger partial charge < -0.3 is 24.4 Å². The van der Waals surface area contributed by atoms with Crippen LogP contribution in [0.5, 0.6) is 5.75 Å². The lowest BCUT2D eigenvalue weighted by Gasteiger charge is -2.40. The van der Waals surface area contributed by atoms with Crippen LogP contribution in [0.3, 0.4) is 0 Å². The van der Waals surface area contributed by atoms with Crippen molar-refractivity contribution in [1.82, 2.24) is 19.8 Å². The number of benzene rings is 1. The second kappa shape index (κ2) is 9.99. The van der Waals surface area contributed by atoms with Gasteiger partial charge >= 0.3 is 0 Å². The fourth-order valence-electron chi connectivity index (χ4n) is 5.22. The molecule has 9 heteroatoms. The number of halogens is 2. The molecule has 5 rings (SSSR count). The van der Waals surface area contributed by atoms with E-state index in [0.29, 0.717) is 31.2 Å². The van der Waals surface area contributed by atoms with Gasteiger partial charge in [0, 0.05) is 54.3 Å². The zero-order valence-corrected chi connectivity index (χ0v) is 21.5. The van der Waals surface area contributed by atoms with E-state index in [4.69, 9.17) is 4.74 Å². The van der Waals surface area contributed by atoms with E-state index < -0.39 is 5.82 Å². The molecule has 1 atom stereocenters. The highest BCUT2D eigenvalue weighted by Crippen LogP contribution is 2.37. The summed E-state index contributed by atoms with van der Waals surface area (Å²) in [5.74, 6) is 0.530. The molecule has 35 heavy (non-hydrogen) atoms. The topological polar surface area (TPSA) is 62.6 Å². The van der Waals surface area contributed by atoms with E-state index in [0.717, 1.165) is 53.4 Å². The fourth-order valence-corrected chi connectivity index (χ4v) is 5.93. The Hall–Kier alpha value is -2.91. The number of pyridine rings is 1. The number of hydrogen-bond acceptors (Lipinski definition) is 5. The van der Waals surface area contributed by atoms with Crippen LogP contribution in [0.2, 0.25) is 0 Å². The van der Waals surface area contributed by atoms with E-state index in [1.54, 1.807) is 0 Å². The van der Waals surface area contributed by atoms with E-state index >= 15 is 0 Å². The summed E-state index contributed by atoms with van der Waals surface area (Å²) in [6.45, 7) is 6.55. The molecule has 1 amide bonds. The first-order chi connectivity index (χ1) is 17.0. The van der Waals surface area contributed by atoms with Crippen LogP contribution in [-0.2, 0) is 11.3 Å². The number of anilines is 1. The van der Waals surface area contributed by atoms with E-state index in [9.17, 15) is 9.18 Å². The molecule has 7 nitrogen and oxygen atoms in total. The lowest BCUT2D eigenvalue weighted by atomic mass is 10.0. The summed E-state index contributed by atoms with van der Waals surface area (Å²) in [7, 11) is 1.51. The number of carbonyl (C=O) groups is 1. The highest BCUT2D eigenvalue weighted by molar-refractivity contribution is 9.10. The molecule has 184 valence electrons. The number of rotatable bonds is 6. The van der Waals surface area contributed by atoms with Gasteiger partial charge in [0.15, 0.2) is 11.6 Å². The standard InChI is InChI=1S/C26H29BrFN5O2/c1-3-33-22(17-5-4-6-29-13-17)11-19-9-18(10-21(27)25(19)33)23-15-31(7-8-32(23)16-34)26-24(35-2)12-20(28)14-30-26/h5,9-12,14,16,23,29H,3-4,6-8,13,15H2,1-2H3. The van der Waals surface area contributed by atoms with Gasteiger partial charge in [-0.05, 0) is 65.2 Å². The van der Waals surface area contributed by atoms with Crippen LogP contribution in [0.15, 0.2) is 41.0 Å². The lowest BCUT2D eigenvalue weighted by molar-refractivity contribution is -0.120. The van der Waals surface area contributed by atoms with Crippen LogP contribution in [0.4, 0.5) is 10.2 Å². The van der Waals surface area contributed by atoms with Crippen molar-refractivity contribution in [3.05, 3.63) is 58.1 Å². The average Bonchev–Trinajstić information content (AvgIpc) is 3.28. The van der Waals surface area contributed by atoms with E-state index in [-0.39, 0.29) is 6.04 Å². The molecule has 2 aliphatic rings. The summed E-state index contributed by atoms with van der Waals surface area (Å²) < 4.78 is 22.5. The number of hydrogen-bond donors (Lipinski definition) is 1. The lowest BCUT2D eigenvalue weighted by Crippen LogP contribution is -2.48. The van der Waals surface area contributed by atoms with Gasteiger partial charge in [-0.2, -0.15) is 0 Å². The summed E-state index contributed by atoms with van der Waals surface area (Å²) in [6.07, 6.45) is 5.46. The van der Waals surface area contributed by atoms with Crippen LogP contribution in [0, 0.1) is 5.82 Å². The molecule has 1 unspecified atom stereocenters. The number of aromatic nitrogens is 2. The van der Waals surface area contributed by atoms with Gasteiger partial charge in [0.1, 0.15) is 5.82 Å². The normalized spacial score (nSPS) is 18.6. The van der Waals surface area contributed by atoms with Crippen molar-refractivity contribution in [2.45, 2.75) is 25.9 Å². The molecule has 0 radical (unpaired) electrons. The van der Waals surface area contributed by atoms with Crippen LogP contribution in [-0.4, -0.2) is 60.7 Å². The van der Waals surface area contributed by atoms with Crippen molar-refractivity contribution < 1.29 is 13.9 Å². The maximum Gasteiger partial charge on any atom is 0.210 e. The number of ether oxygens (including phenoxy) is 1. The third-order valence-electron chi connectivity index (χ3n) is 6.90. The minimum absolute atomic E-state index is 0.178. The maximum absolute atomic E-state index is 13.7. The van der Waals surface area contributed by atoms with Crippen molar-refractivity contribution in [3.63, 3.8) is 0 Å². The SMILES string of the molecule is CCn1c(C2=CCCNC2)cc2cc(C3CN(c4ncc(F)cc4OC)CCN3C=O)cc(Br)c21. The molecular formula is C26H29BrFN5O2. The molecule has 1 N–H and O–H groups in total. The van der Waals surface area contributed by atoms with Gasteiger partial charge in [0.2, 0.25) is 6.41 Å². The largest absolute Gasteiger partial charge is 0.493 e. The summed E-state index contributed by atoms with van der Waals surface area (Å²) in [4.78, 5) is 20.2. The number of amides is 1. The minimum Gasteiger partial charge on any atom is -0.493 e. The van der Waals surface area contributed by atoms with Crippen LogP contribution >= 0.6 is 15.9 Å². The highest BCUT2D eigenvalue weighted by atomic mass is 79.9. The predicted octanol–water partition coefficient (Wildman–Crippen LogP) is 4.36. The van der Waals surface area contributed by atoms with Gasteiger partial charge in [0.05, 0.1) is 24.9 Å². The number of nitrogens with zero attached hydrogens (tertiary/aromatic N) is 4. The molecule has 2 aromatic heterocycles. The van der Waals surface area contributed by atoms with Crippen LogP contribution < -0.4 is 15.0 Å². The van der Waals surface area contributed by atoms with Gasteiger partial charge in [-0.15, -0.1) is 0 Å². The molecule has 4 heterocycles. The van der Waals surface area contributed by atoms with Crippen molar-refractivity contribution in [2.24, 2.45) is 0 Å². The molecule has 0 bridgehead atoms. The molecule has 1 aromatic carbocycles. The quantitative estimate of drug-likeness (QED) is 0.469. The average molecular weight is 542 g/mol. The molecule has 1 fully saturated rings. The zero-order valence-electron chi connectivity index (χ0n) is 19.9. The molecule has 0 saturated carbocycles. The Morgan fingerprint density at radius 2 is 2.14 bits per heavy atom. The Kier molecular flexibility index (Phi) is 6.80. The Labute approximate surface area is 212 Å². The van der Waals surface area contributed by atoms with E-state index in [1.807, 2.05) is 4.90 Å².